The molecule has 1 aromatic heterocycles. The number of hydrogen-bond donors (Lipinski definition) is 0. The van der Waals surface area contributed by atoms with Crippen LogP contribution in [-0.2, 0) is 14.3 Å². The van der Waals surface area contributed by atoms with Gasteiger partial charge in [0, 0.05) is 6.08 Å². The van der Waals surface area contributed by atoms with Crippen molar-refractivity contribution in [2.24, 2.45) is 0 Å². The van der Waals surface area contributed by atoms with Gasteiger partial charge in [-0.3, -0.25) is 29.4 Å². The van der Waals surface area contributed by atoms with Crippen LogP contribution in [0.5, 0.6) is 0 Å². The van der Waals surface area contributed by atoms with Gasteiger partial charge in [-0.15, -0.1) is 0 Å². The molecule has 0 unspecified atom stereocenters. The quantitative estimate of drug-likeness (QED) is 0.354. The van der Waals surface area contributed by atoms with Crippen LogP contribution >= 0.6 is 11.8 Å². The van der Waals surface area contributed by atoms with Crippen molar-refractivity contribution in [2.75, 3.05) is 13.7 Å². The highest BCUT2D eigenvalue weighted by Gasteiger charge is 2.36. The molecule has 2 rings (SSSR count). The summed E-state index contributed by atoms with van der Waals surface area (Å²) in [7, 11) is 1.14. The van der Waals surface area contributed by atoms with Crippen LogP contribution in [0.15, 0.2) is 21.5 Å². The molecule has 2 heterocycles. The first kappa shape index (κ1) is 14.8. The van der Waals surface area contributed by atoms with E-state index >= 15 is 0 Å². The molecule has 1 saturated heterocycles. The van der Waals surface area contributed by atoms with E-state index in [0.29, 0.717) is 11.8 Å². The van der Waals surface area contributed by atoms with Crippen LogP contribution in [0.1, 0.15) is 5.76 Å². The van der Waals surface area contributed by atoms with E-state index in [1.807, 2.05) is 0 Å². The van der Waals surface area contributed by atoms with Crippen molar-refractivity contribution in [3.8, 4) is 0 Å². The van der Waals surface area contributed by atoms with Gasteiger partial charge in [-0.1, -0.05) is 0 Å². The molecule has 9 nitrogen and oxygen atoms in total. The minimum absolute atomic E-state index is 0.00755. The Morgan fingerprint density at radius 3 is 2.81 bits per heavy atom. The molecule has 1 fully saturated rings. The molecule has 21 heavy (non-hydrogen) atoms. The fourth-order valence-electron chi connectivity index (χ4n) is 1.48. The Hall–Kier alpha value is -2.62. The lowest BCUT2D eigenvalue weighted by Gasteiger charge is -2.09. The zero-order valence-corrected chi connectivity index (χ0v) is 11.4. The first-order chi connectivity index (χ1) is 9.92. The van der Waals surface area contributed by atoms with Crippen LogP contribution in [0, 0.1) is 10.1 Å². The van der Waals surface area contributed by atoms with Crippen LogP contribution < -0.4 is 0 Å². The average molecular weight is 312 g/mol. The van der Waals surface area contributed by atoms with Crippen molar-refractivity contribution in [1.29, 1.82) is 0 Å². The Labute approximate surface area is 121 Å². The third-order valence-corrected chi connectivity index (χ3v) is 3.36. The smallest absolute Gasteiger partial charge is 0.433 e. The third kappa shape index (κ3) is 3.11. The molecule has 1 aliphatic heterocycles. The van der Waals surface area contributed by atoms with Crippen molar-refractivity contribution < 1.29 is 28.5 Å². The van der Waals surface area contributed by atoms with E-state index in [0.717, 1.165) is 18.1 Å². The van der Waals surface area contributed by atoms with Crippen molar-refractivity contribution in [2.45, 2.75) is 0 Å². The highest BCUT2D eigenvalue weighted by Crippen LogP contribution is 2.32. The summed E-state index contributed by atoms with van der Waals surface area (Å²) in [5.41, 5.74) is 0. The number of esters is 1. The summed E-state index contributed by atoms with van der Waals surface area (Å²) in [6, 6.07) is 2.43. The number of ether oxygens (including phenoxy) is 1. The van der Waals surface area contributed by atoms with Crippen LogP contribution in [0.2, 0.25) is 0 Å². The standard InChI is InChI=1S/C11H8N2O7S/c1-19-9(14)5-12-10(15)7(21-11(12)16)4-6-2-3-8(20-6)13(17)18/h2-4H,5H2,1H3/b7-4-. The summed E-state index contributed by atoms with van der Waals surface area (Å²) in [5.74, 6) is -1.83. The number of rotatable bonds is 4. The molecule has 2 amide bonds. The number of methoxy groups -OCH3 is 1. The predicted molar refractivity (Wildman–Crippen MR) is 70.1 cm³/mol. The highest BCUT2D eigenvalue weighted by molar-refractivity contribution is 8.18. The summed E-state index contributed by atoms with van der Waals surface area (Å²) in [4.78, 5) is 45.2. The largest absolute Gasteiger partial charge is 0.468 e. The summed E-state index contributed by atoms with van der Waals surface area (Å²) in [6.45, 7) is -0.489. The Morgan fingerprint density at radius 1 is 1.52 bits per heavy atom. The number of carbonyl (C=O) groups is 3. The highest BCUT2D eigenvalue weighted by atomic mass is 32.2. The summed E-state index contributed by atoms with van der Waals surface area (Å²) in [5, 5.41) is 9.85. The van der Waals surface area contributed by atoms with Crippen LogP contribution in [0.4, 0.5) is 10.7 Å². The monoisotopic (exact) mass is 312 g/mol. The van der Waals surface area contributed by atoms with E-state index in [-0.39, 0.29) is 10.7 Å². The second kappa shape index (κ2) is 5.79. The van der Waals surface area contributed by atoms with Gasteiger partial charge in [0.2, 0.25) is 0 Å². The van der Waals surface area contributed by atoms with Gasteiger partial charge >= 0.3 is 11.9 Å². The number of amides is 2. The lowest BCUT2D eigenvalue weighted by atomic mass is 10.3. The minimum atomic E-state index is -0.729. The third-order valence-electron chi connectivity index (χ3n) is 2.45. The Morgan fingerprint density at radius 2 is 2.24 bits per heavy atom. The van der Waals surface area contributed by atoms with Gasteiger partial charge in [0.15, 0.2) is 0 Å². The van der Waals surface area contributed by atoms with E-state index in [4.69, 9.17) is 4.42 Å². The molecule has 1 aliphatic rings. The average Bonchev–Trinajstić information content (AvgIpc) is 3.00. The predicted octanol–water partition coefficient (Wildman–Crippen LogP) is 1.40. The molecule has 0 bridgehead atoms. The number of furan rings is 1. The fourth-order valence-corrected chi connectivity index (χ4v) is 2.30. The van der Waals surface area contributed by atoms with Gasteiger partial charge in [-0.25, -0.2) is 0 Å². The van der Waals surface area contributed by atoms with Crippen molar-refractivity contribution in [3.63, 3.8) is 0 Å². The van der Waals surface area contributed by atoms with E-state index in [1.165, 1.54) is 12.1 Å². The Kier molecular flexibility index (Phi) is 4.08. The normalized spacial score (nSPS) is 16.6. The molecule has 0 spiro atoms. The number of imide groups is 1. The molecule has 1 aromatic rings. The lowest BCUT2D eigenvalue weighted by molar-refractivity contribution is -0.402. The second-order valence-electron chi connectivity index (χ2n) is 3.78. The molecule has 10 heteroatoms. The van der Waals surface area contributed by atoms with Gasteiger partial charge in [-0.2, -0.15) is 0 Å². The number of nitro groups is 1. The molecular weight excluding hydrogens is 304 g/mol. The van der Waals surface area contributed by atoms with Gasteiger partial charge in [0.1, 0.15) is 17.2 Å². The van der Waals surface area contributed by atoms with Crippen LogP contribution in [0.3, 0.4) is 0 Å². The van der Waals surface area contributed by atoms with Crippen LogP contribution in [0.25, 0.3) is 6.08 Å². The number of hydrogen-bond acceptors (Lipinski definition) is 8. The Bertz CT molecular complexity index is 663. The number of carbonyl (C=O) groups excluding carboxylic acids is 3. The van der Waals surface area contributed by atoms with Gasteiger partial charge in [-0.05, 0) is 17.8 Å². The second-order valence-corrected chi connectivity index (χ2v) is 4.77. The Balaban J connectivity index is 2.19. The van der Waals surface area contributed by atoms with Crippen molar-refractivity contribution >= 4 is 40.8 Å². The van der Waals surface area contributed by atoms with Gasteiger partial charge in [0.25, 0.3) is 11.1 Å². The van der Waals surface area contributed by atoms with Gasteiger partial charge < -0.3 is 9.15 Å². The van der Waals surface area contributed by atoms with E-state index in [1.54, 1.807) is 0 Å². The molecule has 0 saturated carbocycles. The summed E-state index contributed by atoms with van der Waals surface area (Å²) < 4.78 is 9.25. The SMILES string of the molecule is COC(=O)CN1C(=O)S/C(=C\c2ccc([N+](=O)[O-])o2)C1=O. The maximum absolute atomic E-state index is 11.9. The zero-order chi connectivity index (χ0) is 15.6. The number of thioether (sulfide) groups is 1. The first-order valence-electron chi connectivity index (χ1n) is 5.49. The maximum atomic E-state index is 11.9. The van der Waals surface area contributed by atoms with E-state index < -0.39 is 34.5 Å². The zero-order valence-electron chi connectivity index (χ0n) is 10.6. The molecule has 0 aliphatic carbocycles. The topological polar surface area (TPSA) is 120 Å². The van der Waals surface area contributed by atoms with Crippen molar-refractivity contribution in [3.05, 3.63) is 32.9 Å². The fraction of sp³-hybridized carbons (Fsp3) is 0.182. The van der Waals surface area contributed by atoms with Crippen molar-refractivity contribution in [1.82, 2.24) is 4.90 Å². The van der Waals surface area contributed by atoms with E-state index in [2.05, 4.69) is 4.74 Å². The minimum Gasteiger partial charge on any atom is -0.468 e. The first-order valence-corrected chi connectivity index (χ1v) is 6.30. The molecule has 110 valence electrons. The van der Waals surface area contributed by atoms with Crippen LogP contribution in [-0.4, -0.2) is 40.6 Å². The molecule has 0 N–H and O–H groups in total. The molecular formula is C11H8N2O7S. The summed E-state index contributed by atoms with van der Waals surface area (Å²) >= 11 is 0.608. The lowest BCUT2D eigenvalue weighted by Crippen LogP contribution is -2.34. The maximum Gasteiger partial charge on any atom is 0.433 e. The number of nitrogens with zero attached hydrogens (tertiary/aromatic N) is 2. The molecule has 0 radical (unpaired) electrons. The van der Waals surface area contributed by atoms with Gasteiger partial charge in [0.05, 0.1) is 18.1 Å². The van der Waals surface area contributed by atoms with E-state index in [9.17, 15) is 24.5 Å². The molecule has 0 aromatic carbocycles. The summed E-state index contributed by atoms with van der Waals surface area (Å²) in [6.07, 6.45) is 1.20. The molecule has 0 atom stereocenters.